The average Bonchev–Trinajstić information content (AvgIpc) is 3.32. The van der Waals surface area contributed by atoms with Gasteiger partial charge in [0.25, 0.3) is 0 Å². The van der Waals surface area contributed by atoms with Gasteiger partial charge in [-0.05, 0) is 30.0 Å². The highest BCUT2D eigenvalue weighted by molar-refractivity contribution is 5.93. The molecule has 12 heteroatoms. The van der Waals surface area contributed by atoms with E-state index >= 15 is 0 Å². The average molecular weight is 537 g/mol. The standard InChI is InChI=1S/C27H32N6O6/c28-19(13-17-14-30-20-9-5-4-8-18(17)20)25(36)33-22(12-16-6-2-1-3-7-16)26(37)31-15-24(35)32-21(27(38)39)10-11-23(29)34/h1-9,14,19,21-22,30H,10-13,15,28H2,(H2,29,34)(H,31,37)(H,32,35)(H,33,36)(H,38,39). The fourth-order valence-electron chi connectivity index (χ4n) is 4.05. The number of carbonyl (C=O) groups is 5. The summed E-state index contributed by atoms with van der Waals surface area (Å²) < 4.78 is 0. The Labute approximate surface area is 224 Å². The van der Waals surface area contributed by atoms with Gasteiger partial charge in [0.15, 0.2) is 0 Å². The van der Waals surface area contributed by atoms with Gasteiger partial charge in [-0.1, -0.05) is 48.5 Å². The van der Waals surface area contributed by atoms with Gasteiger partial charge < -0.3 is 37.5 Å². The van der Waals surface area contributed by atoms with E-state index in [4.69, 9.17) is 11.5 Å². The molecule has 3 aromatic rings. The number of benzene rings is 2. The van der Waals surface area contributed by atoms with Crippen molar-refractivity contribution in [2.24, 2.45) is 11.5 Å². The minimum atomic E-state index is -1.34. The van der Waals surface area contributed by atoms with Gasteiger partial charge in [-0.2, -0.15) is 0 Å². The molecule has 3 atom stereocenters. The molecule has 0 aliphatic heterocycles. The quantitative estimate of drug-likeness (QED) is 0.146. The maximum absolute atomic E-state index is 13.0. The first-order valence-corrected chi connectivity index (χ1v) is 12.4. The Morgan fingerprint density at radius 3 is 2.26 bits per heavy atom. The zero-order valence-electron chi connectivity index (χ0n) is 21.2. The molecular formula is C27H32N6O6. The molecule has 12 nitrogen and oxygen atoms in total. The van der Waals surface area contributed by atoms with E-state index in [1.54, 1.807) is 30.5 Å². The van der Waals surface area contributed by atoms with Gasteiger partial charge in [0.1, 0.15) is 12.1 Å². The summed E-state index contributed by atoms with van der Waals surface area (Å²) in [7, 11) is 0. The molecule has 0 bridgehead atoms. The Morgan fingerprint density at radius 1 is 0.872 bits per heavy atom. The maximum atomic E-state index is 13.0. The Balaban J connectivity index is 1.63. The number of carboxylic acid groups (broad SMARTS) is 1. The van der Waals surface area contributed by atoms with E-state index in [0.717, 1.165) is 22.0 Å². The monoisotopic (exact) mass is 536 g/mol. The molecule has 0 fully saturated rings. The number of rotatable bonds is 14. The second kappa shape index (κ2) is 13.7. The van der Waals surface area contributed by atoms with Gasteiger partial charge in [0, 0.05) is 29.9 Å². The fourth-order valence-corrected chi connectivity index (χ4v) is 4.05. The predicted molar refractivity (Wildman–Crippen MR) is 143 cm³/mol. The van der Waals surface area contributed by atoms with E-state index in [1.165, 1.54) is 0 Å². The summed E-state index contributed by atoms with van der Waals surface area (Å²) >= 11 is 0. The van der Waals surface area contributed by atoms with E-state index in [0.29, 0.717) is 0 Å². The summed E-state index contributed by atoms with van der Waals surface area (Å²) in [5.41, 5.74) is 13.8. The molecule has 1 aromatic heterocycles. The van der Waals surface area contributed by atoms with E-state index in [1.807, 2.05) is 30.3 Å². The number of para-hydroxylation sites is 1. The minimum absolute atomic E-state index is 0.135. The number of amides is 4. The van der Waals surface area contributed by atoms with Crippen LogP contribution >= 0.6 is 0 Å². The second-order valence-electron chi connectivity index (χ2n) is 9.10. The molecule has 0 aliphatic rings. The van der Waals surface area contributed by atoms with Crippen LogP contribution in [0, 0.1) is 0 Å². The van der Waals surface area contributed by atoms with Crippen LogP contribution in [0.25, 0.3) is 10.9 Å². The first-order valence-electron chi connectivity index (χ1n) is 12.4. The highest BCUT2D eigenvalue weighted by atomic mass is 16.4. The summed E-state index contributed by atoms with van der Waals surface area (Å²) in [6, 6.07) is 13.3. The lowest BCUT2D eigenvalue weighted by molar-refractivity contribution is -0.142. The number of aromatic nitrogens is 1. The number of aliphatic carboxylic acids is 1. The van der Waals surface area contributed by atoms with Crippen molar-refractivity contribution in [3.05, 3.63) is 71.9 Å². The molecule has 39 heavy (non-hydrogen) atoms. The van der Waals surface area contributed by atoms with Crippen LogP contribution in [0.15, 0.2) is 60.8 Å². The van der Waals surface area contributed by atoms with Crippen LogP contribution in [0.5, 0.6) is 0 Å². The molecule has 4 amide bonds. The van der Waals surface area contributed by atoms with Crippen molar-refractivity contribution in [2.45, 2.75) is 43.8 Å². The van der Waals surface area contributed by atoms with Gasteiger partial charge in [0.05, 0.1) is 12.6 Å². The maximum Gasteiger partial charge on any atom is 0.326 e. The Kier molecular flexibility index (Phi) is 10.2. The van der Waals surface area contributed by atoms with Gasteiger partial charge in [0.2, 0.25) is 23.6 Å². The predicted octanol–water partition coefficient (Wildman–Crippen LogP) is -0.284. The topological polar surface area (TPSA) is 209 Å². The summed E-state index contributed by atoms with van der Waals surface area (Å²) in [6.45, 7) is -0.540. The lowest BCUT2D eigenvalue weighted by atomic mass is 10.0. The summed E-state index contributed by atoms with van der Waals surface area (Å²) in [4.78, 5) is 63.7. The largest absolute Gasteiger partial charge is 0.480 e. The van der Waals surface area contributed by atoms with Crippen LogP contribution in [0.4, 0.5) is 0 Å². The number of aromatic amines is 1. The number of nitrogens with one attached hydrogen (secondary N) is 4. The van der Waals surface area contributed by atoms with Crippen molar-refractivity contribution >= 4 is 40.5 Å². The molecule has 206 valence electrons. The van der Waals surface area contributed by atoms with Gasteiger partial charge in [-0.3, -0.25) is 19.2 Å². The summed E-state index contributed by atoms with van der Waals surface area (Å²) in [6.07, 6.45) is 1.74. The highest BCUT2D eigenvalue weighted by Crippen LogP contribution is 2.18. The molecule has 0 aliphatic carbocycles. The number of carboxylic acids is 1. The second-order valence-corrected chi connectivity index (χ2v) is 9.10. The number of hydrogen-bond donors (Lipinski definition) is 7. The minimum Gasteiger partial charge on any atom is -0.480 e. The third-order valence-corrected chi connectivity index (χ3v) is 6.10. The Morgan fingerprint density at radius 2 is 1.56 bits per heavy atom. The number of primary amides is 1. The molecule has 2 aromatic carbocycles. The highest BCUT2D eigenvalue weighted by Gasteiger charge is 2.26. The van der Waals surface area contributed by atoms with E-state index in [9.17, 15) is 29.1 Å². The molecule has 1 heterocycles. The van der Waals surface area contributed by atoms with Crippen molar-refractivity contribution in [1.82, 2.24) is 20.9 Å². The summed E-state index contributed by atoms with van der Waals surface area (Å²) in [5.74, 6) is -4.01. The SMILES string of the molecule is NC(=O)CCC(NC(=O)CNC(=O)C(Cc1ccccc1)NC(=O)C(N)Cc1c[nH]c2ccccc12)C(=O)O. The van der Waals surface area contributed by atoms with Crippen LogP contribution in [-0.2, 0) is 36.8 Å². The Hall–Kier alpha value is -4.71. The van der Waals surface area contributed by atoms with E-state index < -0.39 is 54.3 Å². The fraction of sp³-hybridized carbons (Fsp3) is 0.296. The van der Waals surface area contributed by atoms with Gasteiger partial charge in [-0.15, -0.1) is 0 Å². The molecule has 9 N–H and O–H groups in total. The molecule has 0 radical (unpaired) electrons. The van der Waals surface area contributed by atoms with E-state index in [-0.39, 0.29) is 25.7 Å². The smallest absolute Gasteiger partial charge is 0.326 e. The number of H-pyrrole nitrogens is 1. The number of fused-ring (bicyclic) bond motifs is 1. The zero-order chi connectivity index (χ0) is 28.4. The van der Waals surface area contributed by atoms with E-state index in [2.05, 4.69) is 20.9 Å². The first-order chi connectivity index (χ1) is 18.6. The van der Waals surface area contributed by atoms with Crippen molar-refractivity contribution < 1.29 is 29.1 Å². The number of carbonyl (C=O) groups excluding carboxylic acids is 4. The van der Waals surface area contributed by atoms with Crippen LogP contribution < -0.4 is 27.4 Å². The third-order valence-electron chi connectivity index (χ3n) is 6.10. The van der Waals surface area contributed by atoms with Crippen LogP contribution in [-0.4, -0.2) is 64.4 Å². The Bertz CT molecular complexity index is 1320. The van der Waals surface area contributed by atoms with Gasteiger partial charge in [-0.25, -0.2) is 4.79 Å². The normalized spacial score (nSPS) is 13.2. The number of nitrogens with two attached hydrogens (primary N) is 2. The molecule has 3 rings (SSSR count). The zero-order valence-corrected chi connectivity index (χ0v) is 21.2. The van der Waals surface area contributed by atoms with Crippen molar-refractivity contribution in [3.63, 3.8) is 0 Å². The molecule has 0 spiro atoms. The molecule has 0 saturated heterocycles. The summed E-state index contributed by atoms with van der Waals surface area (Å²) in [5, 5.41) is 17.5. The third kappa shape index (κ3) is 8.68. The van der Waals surface area contributed by atoms with Crippen molar-refractivity contribution in [3.8, 4) is 0 Å². The lowest BCUT2D eigenvalue weighted by Gasteiger charge is -2.21. The van der Waals surface area contributed by atoms with Crippen LogP contribution in [0.2, 0.25) is 0 Å². The van der Waals surface area contributed by atoms with Crippen molar-refractivity contribution in [1.29, 1.82) is 0 Å². The molecular weight excluding hydrogens is 504 g/mol. The molecule has 3 unspecified atom stereocenters. The van der Waals surface area contributed by atoms with Crippen LogP contribution in [0.3, 0.4) is 0 Å². The lowest BCUT2D eigenvalue weighted by Crippen LogP contribution is -2.54. The van der Waals surface area contributed by atoms with Gasteiger partial charge >= 0.3 is 5.97 Å². The van der Waals surface area contributed by atoms with Crippen LogP contribution in [0.1, 0.15) is 24.0 Å². The first kappa shape index (κ1) is 28.9. The number of hydrogen-bond acceptors (Lipinski definition) is 6. The molecule has 0 saturated carbocycles. The van der Waals surface area contributed by atoms with Crippen molar-refractivity contribution in [2.75, 3.05) is 6.54 Å².